The van der Waals surface area contributed by atoms with E-state index in [2.05, 4.69) is 42.5 Å². The number of nitrogens with zero attached hydrogens (tertiary/aromatic N) is 6. The summed E-state index contributed by atoms with van der Waals surface area (Å²) in [5.41, 5.74) is 15.3. The fourth-order valence-corrected chi connectivity index (χ4v) is 10.9. The van der Waals surface area contributed by atoms with E-state index >= 15 is 0 Å². The van der Waals surface area contributed by atoms with Crippen LogP contribution in [-0.4, -0.2) is 99.4 Å². The van der Waals surface area contributed by atoms with Crippen molar-refractivity contribution in [1.82, 2.24) is 38.0 Å². The van der Waals surface area contributed by atoms with Gasteiger partial charge in [-0.2, -0.15) is 0 Å². The highest BCUT2D eigenvalue weighted by Crippen LogP contribution is 2.24. The van der Waals surface area contributed by atoms with Gasteiger partial charge in [0.1, 0.15) is 34.2 Å². The van der Waals surface area contributed by atoms with Crippen LogP contribution in [-0.2, 0) is 51.9 Å². The second-order valence-electron chi connectivity index (χ2n) is 23.9. The summed E-state index contributed by atoms with van der Waals surface area (Å²) < 4.78 is 9.62. The summed E-state index contributed by atoms with van der Waals surface area (Å²) in [7, 11) is 10.2. The van der Waals surface area contributed by atoms with Gasteiger partial charge in [0.15, 0.2) is 0 Å². The highest BCUT2D eigenvalue weighted by molar-refractivity contribution is 6.09. The topological polar surface area (TPSA) is 362 Å². The molecule has 0 saturated heterocycles. The Labute approximate surface area is 538 Å². The van der Waals surface area contributed by atoms with Crippen molar-refractivity contribution in [2.45, 2.75) is 154 Å². The first-order valence-corrected chi connectivity index (χ1v) is 32.1. The van der Waals surface area contributed by atoms with E-state index in [0.29, 0.717) is 69.7 Å². The molecule has 6 aromatic heterocycles. The number of aromatic nitrogens is 6. The largest absolute Gasteiger partial charge is 0.388 e. The molecule has 0 bridgehead atoms. The van der Waals surface area contributed by atoms with Gasteiger partial charge < -0.3 is 81.4 Å². The van der Waals surface area contributed by atoms with Crippen LogP contribution in [0.25, 0.3) is 0 Å². The zero-order valence-electron chi connectivity index (χ0n) is 54.4. The molecule has 14 N–H and O–H groups in total. The molecule has 0 spiro atoms. The van der Waals surface area contributed by atoms with E-state index in [1.54, 1.807) is 143 Å². The maximum Gasteiger partial charge on any atom is 0.272 e. The lowest BCUT2D eigenvalue weighted by Gasteiger charge is -2.05. The van der Waals surface area contributed by atoms with Gasteiger partial charge in [-0.25, -0.2) is 0 Å². The van der Waals surface area contributed by atoms with Crippen LogP contribution in [0, 0.1) is 10.8 Å². The Morgan fingerprint density at radius 1 is 0.293 bits per heavy atom. The van der Waals surface area contributed by atoms with Gasteiger partial charge in [0.25, 0.3) is 35.4 Å². The van der Waals surface area contributed by atoms with Crippen LogP contribution < -0.4 is 54.0 Å². The van der Waals surface area contributed by atoms with Crippen LogP contribution in [0.1, 0.15) is 217 Å². The average molecular weight is 1270 g/mol. The van der Waals surface area contributed by atoms with E-state index < -0.39 is 23.6 Å². The maximum absolute atomic E-state index is 13.3. The van der Waals surface area contributed by atoms with Gasteiger partial charge in [0.05, 0.1) is 45.8 Å². The second-order valence-corrected chi connectivity index (χ2v) is 23.9. The first kappa shape index (κ1) is 71.5. The molecule has 6 rings (SSSR count). The summed E-state index contributed by atoms with van der Waals surface area (Å²) in [5.74, 6) is -2.66. The van der Waals surface area contributed by atoms with E-state index in [4.69, 9.17) is 22.3 Å². The molecule has 26 nitrogen and oxygen atoms in total. The molecule has 0 aromatic carbocycles. The van der Waals surface area contributed by atoms with Crippen LogP contribution >= 0.6 is 0 Å². The SMILES string of the molecule is Cn1cc(NC(=O)c2cc(NC(=O)c3cc(NC(=O)CCCCCCCCCCCCCCCCCCCCCCC(=O)Nc4cc(C(=O)Nc5cc(C(=O)Nc6cc(C(=O)NCCC(=N)N)n(C)c6)n(C)c5)n(C)c4)cn3C)cn2C)cc1C(=O)NCCC(=N)N. The van der Waals surface area contributed by atoms with Crippen molar-refractivity contribution in [3.63, 3.8) is 0 Å². The third-order valence-corrected chi connectivity index (χ3v) is 15.9. The fourth-order valence-electron chi connectivity index (χ4n) is 10.9. The van der Waals surface area contributed by atoms with Crippen molar-refractivity contribution < 1.29 is 38.4 Å². The molecule has 26 heteroatoms. The summed E-state index contributed by atoms with van der Waals surface area (Å²) in [6.45, 7) is 0.436. The van der Waals surface area contributed by atoms with Gasteiger partial charge in [-0.1, -0.05) is 116 Å². The lowest BCUT2D eigenvalue weighted by molar-refractivity contribution is -0.117. The number of nitrogens with one attached hydrogen (secondary N) is 10. The Morgan fingerprint density at radius 3 is 0.685 bits per heavy atom. The van der Waals surface area contributed by atoms with Gasteiger partial charge in [-0.3, -0.25) is 49.2 Å². The molecular weight excluding hydrogens is 1170 g/mol. The molecule has 0 atom stereocenters. The number of aryl methyl sites for hydroxylation is 6. The molecule has 498 valence electrons. The summed E-state index contributed by atoms with van der Waals surface area (Å²) >= 11 is 0. The Morgan fingerprint density at radius 2 is 0.478 bits per heavy atom. The number of amidine groups is 2. The minimum Gasteiger partial charge on any atom is -0.388 e. The van der Waals surface area contributed by atoms with Crippen LogP contribution in [0.3, 0.4) is 0 Å². The Kier molecular flexibility index (Phi) is 28.2. The van der Waals surface area contributed by atoms with Crippen LogP contribution in [0.5, 0.6) is 0 Å². The lowest BCUT2D eigenvalue weighted by Crippen LogP contribution is -2.28. The number of unbranched alkanes of at least 4 members (excludes halogenated alkanes) is 19. The molecule has 0 radical (unpaired) electrons. The normalized spacial score (nSPS) is 11.1. The standard InChI is InChI=1S/C66H96N18O8/c1-79-41-47(35-51(79)61(87)71-31-29-57(67)68)75-65(91)55-37-49(43-83(55)5)77-63(89)53-33-45(39-81(53)3)73-59(85)27-25-23-21-19-17-15-13-11-9-7-8-10-12-14-16-18-20-22-24-26-28-60(86)74-46-34-54(82(4)40-46)64(90)78-50-38-56(84(6)44-50)66(92)76-48-36-52(80(2)42-48)62(88)72-32-30-58(69)70/h33-44H,7-32H2,1-6H3,(H3,67,68)(H3,69,70)(H,71,87)(H,72,88)(H,73,85)(H,74,86)(H,75,91)(H,76,92)(H,77,89)(H,78,90). The lowest BCUT2D eigenvalue weighted by atomic mass is 10.0. The molecule has 92 heavy (non-hydrogen) atoms. The molecule has 0 aliphatic rings. The Hall–Kier alpha value is -9.62. The van der Waals surface area contributed by atoms with Gasteiger partial charge in [-0.05, 0) is 49.2 Å². The van der Waals surface area contributed by atoms with Crippen molar-refractivity contribution >= 4 is 93.1 Å². The number of hydrogen-bond acceptors (Lipinski definition) is 10. The molecule has 6 aromatic rings. The molecule has 0 unspecified atom stereocenters. The third kappa shape index (κ3) is 23.3. The monoisotopic (exact) mass is 1270 g/mol. The van der Waals surface area contributed by atoms with E-state index in [0.717, 1.165) is 38.5 Å². The molecule has 0 aliphatic carbocycles. The summed E-state index contributed by atoms with van der Waals surface area (Å²) in [4.78, 5) is 104. The second kappa shape index (κ2) is 36.3. The maximum atomic E-state index is 13.3. The van der Waals surface area contributed by atoms with E-state index in [9.17, 15) is 38.4 Å². The zero-order valence-corrected chi connectivity index (χ0v) is 54.4. The number of amides is 8. The number of carbonyl (C=O) groups excluding carboxylic acids is 8. The van der Waals surface area contributed by atoms with Crippen molar-refractivity contribution in [3.05, 3.63) is 108 Å². The Balaban J connectivity index is 0.713. The quantitative estimate of drug-likeness (QED) is 0.00978. The third-order valence-electron chi connectivity index (χ3n) is 15.9. The highest BCUT2D eigenvalue weighted by atomic mass is 16.2. The highest BCUT2D eigenvalue weighted by Gasteiger charge is 2.22. The molecule has 0 saturated carbocycles. The van der Waals surface area contributed by atoms with Crippen LogP contribution in [0.15, 0.2) is 73.6 Å². The first-order valence-electron chi connectivity index (χ1n) is 32.1. The predicted molar refractivity (Wildman–Crippen MR) is 361 cm³/mol. The molecule has 0 aliphatic heterocycles. The van der Waals surface area contributed by atoms with Gasteiger partial charge >= 0.3 is 0 Å². The van der Waals surface area contributed by atoms with Crippen LogP contribution in [0.2, 0.25) is 0 Å². The van der Waals surface area contributed by atoms with Crippen molar-refractivity contribution in [3.8, 4) is 0 Å². The smallest absolute Gasteiger partial charge is 0.272 e. The van der Waals surface area contributed by atoms with Crippen LogP contribution in [0.4, 0.5) is 34.1 Å². The number of carbonyl (C=O) groups is 8. The van der Waals surface area contributed by atoms with Gasteiger partial charge in [-0.15, -0.1) is 0 Å². The summed E-state index contributed by atoms with van der Waals surface area (Å²) in [6, 6.07) is 9.45. The minimum atomic E-state index is -0.438. The fraction of sp³-hybridized carbons (Fsp3) is 0.485. The van der Waals surface area contributed by atoms with Gasteiger partial charge in [0, 0.05) is 118 Å². The minimum absolute atomic E-state index is 0.0292. The van der Waals surface area contributed by atoms with Crippen molar-refractivity contribution in [2.24, 2.45) is 53.8 Å². The number of rotatable bonds is 41. The predicted octanol–water partition coefficient (Wildman–Crippen LogP) is 10.00. The number of anilines is 6. The average Bonchev–Trinajstić information content (AvgIpc) is 1.73. The number of nitrogens with two attached hydrogens (primary N) is 2. The van der Waals surface area contributed by atoms with E-state index in [1.807, 2.05) is 0 Å². The molecule has 8 amide bonds. The number of hydrogen-bond donors (Lipinski definition) is 12. The summed E-state index contributed by atoms with van der Waals surface area (Å²) in [6.07, 6.45) is 34.5. The van der Waals surface area contributed by atoms with Crippen molar-refractivity contribution in [1.29, 1.82) is 10.8 Å². The van der Waals surface area contributed by atoms with Gasteiger partial charge in [0.2, 0.25) is 11.8 Å². The summed E-state index contributed by atoms with van der Waals surface area (Å²) in [5, 5.41) is 37.1. The van der Waals surface area contributed by atoms with Crippen molar-refractivity contribution in [2.75, 3.05) is 45.0 Å². The van der Waals surface area contributed by atoms with E-state index in [-0.39, 0.29) is 72.6 Å². The first-order chi connectivity index (χ1) is 44.0. The zero-order chi connectivity index (χ0) is 66.7. The molecule has 0 fully saturated rings. The molecule has 6 heterocycles. The Bertz CT molecular complexity index is 3290. The molecular formula is C66H96N18O8. The van der Waals surface area contributed by atoms with E-state index in [1.165, 1.54) is 89.9 Å².